The number of para-hydroxylation sites is 1. The Bertz CT molecular complexity index is 1180. The molecule has 1 aliphatic heterocycles. The number of esters is 1. The van der Waals surface area contributed by atoms with Gasteiger partial charge in [0.2, 0.25) is 0 Å². The minimum atomic E-state index is -0.530. The SMILES string of the molecule is COc1ccc(NC(=O)COC(=O)c2c3c(nc4ccccc24)CCN(C)C3)cc1OC. The molecule has 8 nitrogen and oxygen atoms in total. The summed E-state index contributed by atoms with van der Waals surface area (Å²) < 4.78 is 15.9. The van der Waals surface area contributed by atoms with E-state index in [0.29, 0.717) is 29.3 Å². The summed E-state index contributed by atoms with van der Waals surface area (Å²) in [5.74, 6) is 0.0602. The number of likely N-dealkylation sites (N-methyl/N-ethyl adjacent to an activating group) is 1. The minimum Gasteiger partial charge on any atom is -0.493 e. The normalized spacial score (nSPS) is 13.3. The fourth-order valence-electron chi connectivity index (χ4n) is 3.87. The van der Waals surface area contributed by atoms with Gasteiger partial charge >= 0.3 is 5.97 Å². The molecule has 8 heteroatoms. The molecule has 1 N–H and O–H groups in total. The number of hydrogen-bond acceptors (Lipinski definition) is 7. The van der Waals surface area contributed by atoms with E-state index in [1.54, 1.807) is 18.2 Å². The van der Waals surface area contributed by atoms with Crippen LogP contribution in [0, 0.1) is 0 Å². The first kappa shape index (κ1) is 21.6. The molecule has 0 saturated heterocycles. The van der Waals surface area contributed by atoms with Crippen LogP contribution in [0.1, 0.15) is 21.6 Å². The molecule has 0 spiro atoms. The van der Waals surface area contributed by atoms with Crippen molar-refractivity contribution < 1.29 is 23.8 Å². The number of amides is 1. The van der Waals surface area contributed by atoms with Gasteiger partial charge in [-0.15, -0.1) is 0 Å². The molecular formula is C24H25N3O5. The smallest absolute Gasteiger partial charge is 0.339 e. The zero-order valence-electron chi connectivity index (χ0n) is 18.3. The van der Waals surface area contributed by atoms with E-state index in [9.17, 15) is 9.59 Å². The van der Waals surface area contributed by atoms with Crippen LogP contribution in [-0.4, -0.2) is 56.2 Å². The molecule has 0 bridgehead atoms. The number of nitrogens with zero attached hydrogens (tertiary/aromatic N) is 2. The highest BCUT2D eigenvalue weighted by Gasteiger charge is 2.25. The highest BCUT2D eigenvalue weighted by molar-refractivity contribution is 6.06. The zero-order valence-corrected chi connectivity index (χ0v) is 18.3. The molecule has 1 amide bonds. The maximum atomic E-state index is 13.1. The fraction of sp³-hybridized carbons (Fsp3) is 0.292. The lowest BCUT2D eigenvalue weighted by Gasteiger charge is -2.26. The Hall–Kier alpha value is -3.65. The molecule has 0 saturated carbocycles. The second-order valence-corrected chi connectivity index (χ2v) is 7.61. The molecule has 0 fully saturated rings. The Morgan fingerprint density at radius 3 is 2.66 bits per heavy atom. The third kappa shape index (κ3) is 4.36. The Balaban J connectivity index is 1.52. The molecule has 32 heavy (non-hydrogen) atoms. The largest absolute Gasteiger partial charge is 0.493 e. The summed E-state index contributed by atoms with van der Waals surface area (Å²) in [4.78, 5) is 32.4. The van der Waals surface area contributed by atoms with Crippen LogP contribution in [0.25, 0.3) is 10.9 Å². The lowest BCUT2D eigenvalue weighted by Crippen LogP contribution is -2.30. The molecule has 3 aromatic rings. The Morgan fingerprint density at radius 2 is 1.88 bits per heavy atom. The van der Waals surface area contributed by atoms with E-state index < -0.39 is 18.5 Å². The maximum absolute atomic E-state index is 13.1. The number of pyridine rings is 1. The summed E-state index contributed by atoms with van der Waals surface area (Å²) in [6.07, 6.45) is 0.761. The molecular weight excluding hydrogens is 410 g/mol. The van der Waals surface area contributed by atoms with Crippen molar-refractivity contribution in [1.29, 1.82) is 0 Å². The first-order valence-corrected chi connectivity index (χ1v) is 10.3. The Kier molecular flexibility index (Phi) is 6.23. The highest BCUT2D eigenvalue weighted by Crippen LogP contribution is 2.30. The van der Waals surface area contributed by atoms with Crippen molar-refractivity contribution in [3.8, 4) is 11.5 Å². The summed E-state index contributed by atoms with van der Waals surface area (Å²) in [6.45, 7) is 1.07. The van der Waals surface area contributed by atoms with Gasteiger partial charge in [0.25, 0.3) is 5.91 Å². The van der Waals surface area contributed by atoms with Gasteiger partial charge in [0.05, 0.1) is 25.3 Å². The topological polar surface area (TPSA) is 90.0 Å². The average molecular weight is 435 g/mol. The van der Waals surface area contributed by atoms with E-state index in [1.165, 1.54) is 14.2 Å². The average Bonchev–Trinajstić information content (AvgIpc) is 2.81. The number of aromatic nitrogens is 1. The van der Waals surface area contributed by atoms with Crippen molar-refractivity contribution in [1.82, 2.24) is 9.88 Å². The summed E-state index contributed by atoms with van der Waals surface area (Å²) >= 11 is 0. The van der Waals surface area contributed by atoms with E-state index in [1.807, 2.05) is 31.3 Å². The lowest BCUT2D eigenvalue weighted by molar-refractivity contribution is -0.119. The predicted molar refractivity (Wildman–Crippen MR) is 120 cm³/mol. The van der Waals surface area contributed by atoms with Crippen LogP contribution in [0.3, 0.4) is 0 Å². The number of rotatable bonds is 6. The third-order valence-electron chi connectivity index (χ3n) is 5.44. The number of carbonyl (C=O) groups is 2. The monoisotopic (exact) mass is 435 g/mol. The van der Waals surface area contributed by atoms with E-state index in [0.717, 1.165) is 35.1 Å². The number of carbonyl (C=O) groups excluding carboxylic acids is 2. The second-order valence-electron chi connectivity index (χ2n) is 7.61. The standard InChI is InChI=1S/C24H25N3O5/c1-27-11-10-19-17(13-27)23(16-6-4-5-7-18(16)26-19)24(29)32-14-22(28)25-15-8-9-20(30-2)21(12-15)31-3/h4-9,12H,10-11,13-14H2,1-3H3,(H,25,28). The van der Waals surface area contributed by atoms with Gasteiger partial charge in [-0.25, -0.2) is 4.79 Å². The molecule has 0 atom stereocenters. The van der Waals surface area contributed by atoms with E-state index in [-0.39, 0.29) is 0 Å². The molecule has 1 aliphatic rings. The van der Waals surface area contributed by atoms with Crippen molar-refractivity contribution in [3.63, 3.8) is 0 Å². The molecule has 166 valence electrons. The molecule has 2 heterocycles. The first-order chi connectivity index (χ1) is 15.5. The lowest BCUT2D eigenvalue weighted by atomic mass is 9.96. The van der Waals surface area contributed by atoms with Crippen molar-refractivity contribution >= 4 is 28.5 Å². The van der Waals surface area contributed by atoms with Gasteiger partial charge in [-0.2, -0.15) is 0 Å². The highest BCUT2D eigenvalue weighted by atomic mass is 16.5. The Labute approximate surface area is 186 Å². The quantitative estimate of drug-likeness (QED) is 0.595. The van der Waals surface area contributed by atoms with Crippen LogP contribution in [-0.2, 0) is 22.5 Å². The van der Waals surface area contributed by atoms with Gasteiger partial charge in [-0.1, -0.05) is 18.2 Å². The summed E-state index contributed by atoms with van der Waals surface area (Å²) in [5, 5.41) is 3.44. The number of fused-ring (bicyclic) bond motifs is 2. The van der Waals surface area contributed by atoms with Crippen LogP contribution >= 0.6 is 0 Å². The number of benzene rings is 2. The maximum Gasteiger partial charge on any atom is 0.339 e. The van der Waals surface area contributed by atoms with Gasteiger partial charge in [0, 0.05) is 47.9 Å². The predicted octanol–water partition coefficient (Wildman–Crippen LogP) is 3.04. The van der Waals surface area contributed by atoms with Gasteiger partial charge < -0.3 is 24.4 Å². The van der Waals surface area contributed by atoms with E-state index >= 15 is 0 Å². The van der Waals surface area contributed by atoms with Crippen molar-refractivity contribution in [2.75, 3.05) is 39.7 Å². The van der Waals surface area contributed by atoms with Crippen molar-refractivity contribution in [3.05, 3.63) is 59.3 Å². The van der Waals surface area contributed by atoms with Crippen LogP contribution in [0.2, 0.25) is 0 Å². The molecule has 0 radical (unpaired) electrons. The van der Waals surface area contributed by atoms with Gasteiger partial charge in [0.15, 0.2) is 18.1 Å². The van der Waals surface area contributed by atoms with Crippen LogP contribution < -0.4 is 14.8 Å². The van der Waals surface area contributed by atoms with Crippen LogP contribution in [0.4, 0.5) is 5.69 Å². The summed E-state index contributed by atoms with van der Waals surface area (Å²) in [5.41, 5.74) is 3.51. The minimum absolute atomic E-state index is 0.408. The molecule has 1 aromatic heterocycles. The van der Waals surface area contributed by atoms with E-state index in [2.05, 4.69) is 10.2 Å². The van der Waals surface area contributed by atoms with Crippen LogP contribution in [0.5, 0.6) is 11.5 Å². The third-order valence-corrected chi connectivity index (χ3v) is 5.44. The second kappa shape index (κ2) is 9.23. The molecule has 0 aliphatic carbocycles. The number of nitrogens with one attached hydrogen (secondary N) is 1. The first-order valence-electron chi connectivity index (χ1n) is 10.3. The molecule has 4 rings (SSSR count). The number of ether oxygens (including phenoxy) is 3. The molecule has 2 aromatic carbocycles. The van der Waals surface area contributed by atoms with Gasteiger partial charge in [0.1, 0.15) is 0 Å². The zero-order chi connectivity index (χ0) is 22.7. The Morgan fingerprint density at radius 1 is 1.09 bits per heavy atom. The summed E-state index contributed by atoms with van der Waals surface area (Å²) in [7, 11) is 5.06. The van der Waals surface area contributed by atoms with Gasteiger partial charge in [-0.05, 0) is 25.2 Å². The molecule has 0 unspecified atom stereocenters. The number of anilines is 1. The number of methoxy groups -OCH3 is 2. The van der Waals surface area contributed by atoms with Crippen molar-refractivity contribution in [2.45, 2.75) is 13.0 Å². The van der Waals surface area contributed by atoms with Crippen molar-refractivity contribution in [2.24, 2.45) is 0 Å². The summed E-state index contributed by atoms with van der Waals surface area (Å²) in [6, 6.07) is 12.5. The van der Waals surface area contributed by atoms with Crippen LogP contribution in [0.15, 0.2) is 42.5 Å². The van der Waals surface area contributed by atoms with Gasteiger partial charge in [-0.3, -0.25) is 9.78 Å². The van der Waals surface area contributed by atoms with E-state index in [4.69, 9.17) is 19.2 Å². The fourth-order valence-corrected chi connectivity index (χ4v) is 3.87. The number of hydrogen-bond donors (Lipinski definition) is 1.